The van der Waals surface area contributed by atoms with Crippen LogP contribution in [0.4, 0.5) is 5.82 Å². The van der Waals surface area contributed by atoms with E-state index >= 15 is 0 Å². The average molecular weight is 315 g/mol. The Morgan fingerprint density at radius 2 is 1.87 bits per heavy atom. The summed E-state index contributed by atoms with van der Waals surface area (Å²) in [6.45, 7) is 3.52. The Morgan fingerprint density at radius 3 is 2.43 bits per heavy atom. The van der Waals surface area contributed by atoms with E-state index in [1.54, 1.807) is 24.8 Å². The number of benzene rings is 1. The molecule has 0 saturated heterocycles. The summed E-state index contributed by atoms with van der Waals surface area (Å²) < 4.78 is 0. The van der Waals surface area contributed by atoms with Crippen LogP contribution in [0.5, 0.6) is 0 Å². The van der Waals surface area contributed by atoms with E-state index in [-0.39, 0.29) is 5.92 Å². The summed E-state index contributed by atoms with van der Waals surface area (Å²) in [7, 11) is 3.68. The smallest absolute Gasteiger partial charge is 0.326 e. The van der Waals surface area contributed by atoms with Gasteiger partial charge in [0, 0.05) is 19.5 Å². The van der Waals surface area contributed by atoms with E-state index in [2.05, 4.69) is 10.3 Å². The molecule has 6 nitrogen and oxygen atoms in total. The lowest BCUT2D eigenvalue weighted by molar-refractivity contribution is -0.140. The molecule has 122 valence electrons. The van der Waals surface area contributed by atoms with Crippen molar-refractivity contribution in [3.8, 4) is 0 Å². The fraction of sp³-hybridized carbons (Fsp3) is 0.353. The number of anilines is 1. The van der Waals surface area contributed by atoms with Crippen molar-refractivity contribution in [3.63, 3.8) is 0 Å². The number of aromatic nitrogens is 1. The molecule has 0 saturated carbocycles. The fourth-order valence-corrected chi connectivity index (χ4v) is 2.31. The number of hydrogen-bond donors (Lipinski definition) is 2. The Bertz CT molecular complexity index is 741. The summed E-state index contributed by atoms with van der Waals surface area (Å²) >= 11 is 0. The summed E-state index contributed by atoms with van der Waals surface area (Å²) in [6.07, 6.45) is 0. The molecule has 0 bridgehead atoms. The van der Waals surface area contributed by atoms with E-state index in [1.165, 1.54) is 0 Å². The highest BCUT2D eigenvalue weighted by molar-refractivity contribution is 6.07. The monoisotopic (exact) mass is 315 g/mol. The molecule has 23 heavy (non-hydrogen) atoms. The zero-order valence-corrected chi connectivity index (χ0v) is 13.7. The third-order valence-corrected chi connectivity index (χ3v) is 3.62. The van der Waals surface area contributed by atoms with Crippen molar-refractivity contribution in [1.82, 2.24) is 10.3 Å². The summed E-state index contributed by atoms with van der Waals surface area (Å²) in [5.41, 5.74) is 1.12. The number of para-hydroxylation sites is 1. The van der Waals surface area contributed by atoms with Gasteiger partial charge >= 0.3 is 5.97 Å². The number of hydrogen-bond acceptors (Lipinski definition) is 4. The zero-order valence-electron chi connectivity index (χ0n) is 13.7. The van der Waals surface area contributed by atoms with Gasteiger partial charge in [-0.05, 0) is 18.1 Å². The third-order valence-electron chi connectivity index (χ3n) is 3.62. The maximum atomic E-state index is 12.6. The maximum Gasteiger partial charge on any atom is 0.326 e. The van der Waals surface area contributed by atoms with Gasteiger partial charge in [-0.1, -0.05) is 32.0 Å². The molecule has 2 rings (SSSR count). The molecule has 1 aromatic heterocycles. The van der Waals surface area contributed by atoms with Crippen LogP contribution in [-0.4, -0.2) is 42.1 Å². The molecular weight excluding hydrogens is 294 g/mol. The molecule has 6 heteroatoms. The predicted octanol–water partition coefficient (Wildman–Crippen LogP) is 2.14. The van der Waals surface area contributed by atoms with Gasteiger partial charge in [-0.3, -0.25) is 4.79 Å². The zero-order chi connectivity index (χ0) is 17.1. The quantitative estimate of drug-likeness (QED) is 0.883. The number of carboxylic acid groups (broad SMARTS) is 1. The van der Waals surface area contributed by atoms with Gasteiger partial charge in [-0.15, -0.1) is 0 Å². The number of amides is 1. The number of pyridine rings is 1. The Morgan fingerprint density at radius 1 is 1.22 bits per heavy atom. The van der Waals surface area contributed by atoms with Gasteiger partial charge in [0.2, 0.25) is 0 Å². The first-order valence-electron chi connectivity index (χ1n) is 7.42. The second kappa shape index (κ2) is 6.64. The molecule has 0 spiro atoms. The van der Waals surface area contributed by atoms with Gasteiger partial charge in [-0.2, -0.15) is 0 Å². The van der Waals surface area contributed by atoms with E-state index < -0.39 is 17.9 Å². The number of fused-ring (bicyclic) bond motifs is 1. The Balaban J connectivity index is 2.48. The molecule has 2 aromatic rings. The normalized spacial score (nSPS) is 12.2. The Kier molecular flexibility index (Phi) is 4.83. The van der Waals surface area contributed by atoms with Gasteiger partial charge < -0.3 is 15.3 Å². The molecule has 1 amide bonds. The standard InChI is InChI=1S/C17H21N3O3/c1-10(2)15(17(22)23)19-16(21)12-9-14(20(3)4)18-13-8-6-5-7-11(12)13/h5-10,15H,1-4H3,(H,19,21)(H,22,23)/t15-/m1/s1. The number of carbonyl (C=O) groups excluding carboxylic acids is 1. The van der Waals surface area contributed by atoms with Crippen LogP contribution in [0.25, 0.3) is 10.9 Å². The molecular formula is C17H21N3O3. The van der Waals surface area contributed by atoms with E-state index in [4.69, 9.17) is 0 Å². The minimum absolute atomic E-state index is 0.210. The number of rotatable bonds is 5. The highest BCUT2D eigenvalue weighted by Crippen LogP contribution is 2.22. The first-order valence-corrected chi connectivity index (χ1v) is 7.42. The van der Waals surface area contributed by atoms with E-state index in [1.807, 2.05) is 38.4 Å². The van der Waals surface area contributed by atoms with Gasteiger partial charge in [0.25, 0.3) is 5.91 Å². The van der Waals surface area contributed by atoms with Crippen molar-refractivity contribution in [2.45, 2.75) is 19.9 Å². The molecule has 2 N–H and O–H groups in total. The molecule has 0 fully saturated rings. The Hall–Kier alpha value is -2.63. The lowest BCUT2D eigenvalue weighted by atomic mass is 10.0. The molecule has 0 aliphatic rings. The third kappa shape index (κ3) is 3.59. The second-order valence-corrected chi connectivity index (χ2v) is 5.97. The molecule has 1 heterocycles. The summed E-state index contributed by atoms with van der Waals surface area (Å²) in [6, 6.07) is 8.06. The lowest BCUT2D eigenvalue weighted by Crippen LogP contribution is -2.44. The van der Waals surface area contributed by atoms with Crippen molar-refractivity contribution in [1.29, 1.82) is 0 Å². The fourth-order valence-electron chi connectivity index (χ4n) is 2.31. The number of carboxylic acids is 1. The predicted molar refractivity (Wildman–Crippen MR) is 89.8 cm³/mol. The van der Waals surface area contributed by atoms with Crippen LogP contribution < -0.4 is 10.2 Å². The minimum Gasteiger partial charge on any atom is -0.480 e. The molecule has 0 aliphatic carbocycles. The van der Waals surface area contributed by atoms with E-state index in [0.29, 0.717) is 22.3 Å². The molecule has 0 radical (unpaired) electrons. The average Bonchev–Trinajstić information content (AvgIpc) is 2.50. The van der Waals surface area contributed by atoms with Crippen LogP contribution in [0, 0.1) is 5.92 Å². The Labute approximate surface area is 135 Å². The first kappa shape index (κ1) is 16.7. The molecule has 1 atom stereocenters. The summed E-state index contributed by atoms with van der Waals surface area (Å²) in [4.78, 5) is 30.2. The van der Waals surface area contributed by atoms with Gasteiger partial charge in [0.15, 0.2) is 0 Å². The topological polar surface area (TPSA) is 82.5 Å². The van der Waals surface area contributed by atoms with Gasteiger partial charge in [0.05, 0.1) is 11.1 Å². The van der Waals surface area contributed by atoms with Crippen molar-refractivity contribution < 1.29 is 14.7 Å². The number of nitrogens with one attached hydrogen (secondary N) is 1. The highest BCUT2D eigenvalue weighted by atomic mass is 16.4. The summed E-state index contributed by atoms with van der Waals surface area (Å²) in [5.74, 6) is -1.02. The SMILES string of the molecule is CC(C)[C@@H](NC(=O)c1cc(N(C)C)nc2ccccc12)C(=O)O. The van der Waals surface area contributed by atoms with Crippen molar-refractivity contribution >= 4 is 28.6 Å². The highest BCUT2D eigenvalue weighted by Gasteiger charge is 2.25. The van der Waals surface area contributed by atoms with Gasteiger partial charge in [0.1, 0.15) is 11.9 Å². The number of aliphatic carboxylic acids is 1. The summed E-state index contributed by atoms with van der Waals surface area (Å²) in [5, 5.41) is 12.6. The molecule has 0 unspecified atom stereocenters. The minimum atomic E-state index is -1.04. The van der Waals surface area contributed by atoms with Crippen molar-refractivity contribution in [2.24, 2.45) is 5.92 Å². The van der Waals surface area contributed by atoms with Crippen molar-refractivity contribution in [3.05, 3.63) is 35.9 Å². The van der Waals surface area contributed by atoms with Crippen LogP contribution in [0.3, 0.4) is 0 Å². The van der Waals surface area contributed by atoms with Crippen molar-refractivity contribution in [2.75, 3.05) is 19.0 Å². The van der Waals surface area contributed by atoms with E-state index in [0.717, 1.165) is 0 Å². The van der Waals surface area contributed by atoms with Crippen LogP contribution >= 0.6 is 0 Å². The number of nitrogens with zero attached hydrogens (tertiary/aromatic N) is 2. The lowest BCUT2D eigenvalue weighted by Gasteiger charge is -2.19. The van der Waals surface area contributed by atoms with Crippen LogP contribution in [-0.2, 0) is 4.79 Å². The van der Waals surface area contributed by atoms with E-state index in [9.17, 15) is 14.7 Å². The first-order chi connectivity index (χ1) is 10.8. The van der Waals surface area contributed by atoms with Crippen LogP contribution in [0.1, 0.15) is 24.2 Å². The van der Waals surface area contributed by atoms with Gasteiger partial charge in [-0.25, -0.2) is 9.78 Å². The van der Waals surface area contributed by atoms with Crippen LogP contribution in [0.2, 0.25) is 0 Å². The van der Waals surface area contributed by atoms with Crippen LogP contribution in [0.15, 0.2) is 30.3 Å². The largest absolute Gasteiger partial charge is 0.480 e. The molecule has 1 aromatic carbocycles. The maximum absolute atomic E-state index is 12.6. The second-order valence-electron chi connectivity index (χ2n) is 5.97. The number of carbonyl (C=O) groups is 2. The molecule has 0 aliphatic heterocycles.